The average molecular weight is 264 g/mol. The van der Waals surface area contributed by atoms with Gasteiger partial charge in [0.15, 0.2) is 0 Å². The molecule has 0 radical (unpaired) electrons. The highest BCUT2D eigenvalue weighted by atomic mass is 16.1. The largest absolute Gasteiger partial charge is 0.300 e. The van der Waals surface area contributed by atoms with E-state index >= 15 is 0 Å². The number of hydrogen-bond donors (Lipinski definition) is 0. The molecule has 0 bridgehead atoms. The Labute approximate surface area is 119 Å². The highest BCUT2D eigenvalue weighted by Crippen LogP contribution is 2.13. The summed E-state index contributed by atoms with van der Waals surface area (Å²) in [5, 5.41) is 0. The topological polar surface area (TPSA) is 17.1 Å². The van der Waals surface area contributed by atoms with Crippen molar-refractivity contribution in [3.63, 3.8) is 0 Å². The maximum Gasteiger partial charge on any atom is 0.132 e. The predicted octanol–water partition coefficient (Wildman–Crippen LogP) is 5.98. The number of carbonyl (C=O) groups is 1. The fourth-order valence-electron chi connectivity index (χ4n) is 2.77. The van der Waals surface area contributed by atoms with Gasteiger partial charge in [-0.05, 0) is 38.5 Å². The lowest BCUT2D eigenvalue weighted by atomic mass is 10.0. The summed E-state index contributed by atoms with van der Waals surface area (Å²) in [7, 11) is 0. The van der Waals surface area contributed by atoms with Crippen LogP contribution in [0.1, 0.15) is 96.3 Å². The molecule has 1 heteroatoms. The van der Waals surface area contributed by atoms with Crippen LogP contribution in [0.15, 0.2) is 12.2 Å². The van der Waals surface area contributed by atoms with Crippen LogP contribution >= 0.6 is 0 Å². The van der Waals surface area contributed by atoms with Gasteiger partial charge in [-0.3, -0.25) is 4.79 Å². The van der Waals surface area contributed by atoms with Gasteiger partial charge in [-0.1, -0.05) is 57.1 Å². The molecule has 0 aromatic carbocycles. The smallest absolute Gasteiger partial charge is 0.132 e. The van der Waals surface area contributed by atoms with Crippen molar-refractivity contribution in [3.05, 3.63) is 12.2 Å². The van der Waals surface area contributed by atoms with Crippen molar-refractivity contribution in [3.8, 4) is 0 Å². The van der Waals surface area contributed by atoms with Crippen LogP contribution in [0.2, 0.25) is 0 Å². The zero-order valence-corrected chi connectivity index (χ0v) is 12.7. The zero-order chi connectivity index (χ0) is 13.6. The molecule has 1 aliphatic carbocycles. The van der Waals surface area contributed by atoms with Crippen LogP contribution in [0.5, 0.6) is 0 Å². The third-order valence-corrected chi connectivity index (χ3v) is 4.07. The van der Waals surface area contributed by atoms with E-state index in [1.54, 1.807) is 0 Å². The van der Waals surface area contributed by atoms with E-state index < -0.39 is 0 Å². The van der Waals surface area contributed by atoms with Crippen LogP contribution in [0.4, 0.5) is 0 Å². The maximum absolute atomic E-state index is 11.7. The van der Waals surface area contributed by atoms with E-state index in [1.165, 1.54) is 64.2 Å². The Kier molecular flexibility index (Phi) is 10.8. The summed E-state index contributed by atoms with van der Waals surface area (Å²) >= 11 is 0. The quantitative estimate of drug-likeness (QED) is 0.492. The third-order valence-electron chi connectivity index (χ3n) is 4.07. The number of rotatable bonds is 0. The maximum atomic E-state index is 11.7. The van der Waals surface area contributed by atoms with Gasteiger partial charge in [-0.25, -0.2) is 0 Å². The van der Waals surface area contributed by atoms with Crippen molar-refractivity contribution in [1.82, 2.24) is 0 Å². The van der Waals surface area contributed by atoms with E-state index in [1.807, 2.05) is 0 Å². The minimum absolute atomic E-state index is 0.491. The van der Waals surface area contributed by atoms with Gasteiger partial charge in [0.05, 0.1) is 0 Å². The number of ketones is 1. The van der Waals surface area contributed by atoms with Crippen LogP contribution in [-0.4, -0.2) is 5.78 Å². The minimum atomic E-state index is 0.491. The van der Waals surface area contributed by atoms with Crippen molar-refractivity contribution < 1.29 is 4.79 Å². The summed E-state index contributed by atoms with van der Waals surface area (Å²) in [6.45, 7) is 0. The molecule has 0 amide bonds. The molecular formula is C18H32O. The highest BCUT2D eigenvalue weighted by molar-refractivity contribution is 5.78. The van der Waals surface area contributed by atoms with Gasteiger partial charge in [0.1, 0.15) is 5.78 Å². The van der Waals surface area contributed by atoms with Crippen LogP contribution < -0.4 is 0 Å². The summed E-state index contributed by atoms with van der Waals surface area (Å²) in [6, 6.07) is 0. The number of hydrogen-bond acceptors (Lipinski definition) is 1. The Bertz CT molecular complexity index is 242. The van der Waals surface area contributed by atoms with Crippen molar-refractivity contribution in [2.45, 2.75) is 96.3 Å². The lowest BCUT2D eigenvalue weighted by Gasteiger charge is -2.03. The highest BCUT2D eigenvalue weighted by Gasteiger charge is 2.01. The number of Topliss-reactive ketones (excluding diaryl/α,β-unsaturated/α-hetero) is 1. The second kappa shape index (κ2) is 12.4. The summed E-state index contributed by atoms with van der Waals surface area (Å²) < 4.78 is 0. The van der Waals surface area contributed by atoms with E-state index in [9.17, 15) is 4.79 Å². The van der Waals surface area contributed by atoms with Crippen LogP contribution in [0, 0.1) is 0 Å². The standard InChI is InChI=1S/C18H32O/c19-18-16-14-12-10-8-6-4-2-1-3-5-7-9-11-13-15-17-18/h6,8H,1-5,7,9-17H2/b8-6-. The van der Waals surface area contributed by atoms with Crippen LogP contribution in [-0.2, 0) is 4.79 Å². The molecule has 19 heavy (non-hydrogen) atoms. The fourth-order valence-corrected chi connectivity index (χ4v) is 2.77. The molecule has 0 aliphatic heterocycles. The first-order chi connectivity index (χ1) is 9.39. The van der Waals surface area contributed by atoms with Gasteiger partial charge >= 0.3 is 0 Å². The van der Waals surface area contributed by atoms with E-state index in [0.29, 0.717) is 5.78 Å². The fraction of sp³-hybridized carbons (Fsp3) is 0.833. The predicted molar refractivity (Wildman–Crippen MR) is 83.4 cm³/mol. The van der Waals surface area contributed by atoms with Gasteiger partial charge in [0.2, 0.25) is 0 Å². The van der Waals surface area contributed by atoms with Gasteiger partial charge in [0, 0.05) is 12.8 Å². The summed E-state index contributed by atoms with van der Waals surface area (Å²) in [5.41, 5.74) is 0. The van der Waals surface area contributed by atoms with Gasteiger partial charge in [-0.15, -0.1) is 0 Å². The molecule has 1 nitrogen and oxygen atoms in total. The number of carbonyl (C=O) groups excluding carboxylic acids is 1. The van der Waals surface area contributed by atoms with E-state index in [4.69, 9.17) is 0 Å². The molecule has 0 saturated heterocycles. The monoisotopic (exact) mass is 264 g/mol. The Hall–Kier alpha value is -0.590. The van der Waals surface area contributed by atoms with E-state index in [2.05, 4.69) is 12.2 Å². The van der Waals surface area contributed by atoms with E-state index in [-0.39, 0.29) is 0 Å². The Morgan fingerprint density at radius 3 is 1.47 bits per heavy atom. The SMILES string of the molecule is O=C1CCCC/C=C\CCCCCCCCCCC1. The summed E-state index contributed by atoms with van der Waals surface area (Å²) in [6.07, 6.45) is 23.0. The molecule has 0 saturated carbocycles. The minimum Gasteiger partial charge on any atom is -0.300 e. The lowest BCUT2D eigenvalue weighted by molar-refractivity contribution is -0.119. The second-order valence-electron chi connectivity index (χ2n) is 5.98. The first kappa shape index (κ1) is 16.5. The zero-order valence-electron chi connectivity index (χ0n) is 12.7. The average Bonchev–Trinajstić information content (AvgIpc) is 2.41. The molecule has 0 heterocycles. The van der Waals surface area contributed by atoms with Crippen molar-refractivity contribution in [2.75, 3.05) is 0 Å². The van der Waals surface area contributed by atoms with Crippen LogP contribution in [0.3, 0.4) is 0 Å². The molecule has 0 aromatic heterocycles. The van der Waals surface area contributed by atoms with Gasteiger partial charge < -0.3 is 0 Å². The molecule has 0 aromatic rings. The second-order valence-corrected chi connectivity index (χ2v) is 5.98. The lowest BCUT2D eigenvalue weighted by Crippen LogP contribution is -1.97. The molecule has 1 rings (SSSR count). The van der Waals surface area contributed by atoms with Gasteiger partial charge in [0.25, 0.3) is 0 Å². The third kappa shape index (κ3) is 11.0. The molecule has 0 atom stereocenters. The number of allylic oxidation sites excluding steroid dienone is 2. The first-order valence-electron chi connectivity index (χ1n) is 8.56. The summed E-state index contributed by atoms with van der Waals surface area (Å²) in [4.78, 5) is 11.7. The molecule has 110 valence electrons. The van der Waals surface area contributed by atoms with E-state index in [0.717, 1.165) is 32.1 Å². The molecular weight excluding hydrogens is 232 g/mol. The first-order valence-corrected chi connectivity index (χ1v) is 8.56. The molecule has 0 unspecified atom stereocenters. The summed E-state index contributed by atoms with van der Waals surface area (Å²) in [5.74, 6) is 0.491. The molecule has 0 spiro atoms. The Balaban J connectivity index is 2.17. The van der Waals surface area contributed by atoms with Crippen LogP contribution in [0.25, 0.3) is 0 Å². The molecule has 0 fully saturated rings. The normalized spacial score (nSPS) is 24.3. The van der Waals surface area contributed by atoms with Crippen molar-refractivity contribution in [1.29, 1.82) is 0 Å². The molecule has 0 N–H and O–H groups in total. The Morgan fingerprint density at radius 1 is 0.526 bits per heavy atom. The Morgan fingerprint density at radius 2 is 0.895 bits per heavy atom. The van der Waals surface area contributed by atoms with Crippen molar-refractivity contribution >= 4 is 5.78 Å². The van der Waals surface area contributed by atoms with Gasteiger partial charge in [-0.2, -0.15) is 0 Å². The molecule has 1 aliphatic rings. The van der Waals surface area contributed by atoms with Crippen molar-refractivity contribution in [2.24, 2.45) is 0 Å².